The van der Waals surface area contributed by atoms with Gasteiger partial charge in [-0.3, -0.25) is 9.59 Å². The van der Waals surface area contributed by atoms with Gasteiger partial charge in [0.15, 0.2) is 0 Å². The SMILES string of the molecule is CN1CCc2cc(NC(=O)CCc3nc4ccccc4[nH]c3=O)ccc21. The zero-order chi connectivity index (χ0) is 18.1. The lowest BCUT2D eigenvalue weighted by molar-refractivity contribution is -0.116. The summed E-state index contributed by atoms with van der Waals surface area (Å²) in [6, 6.07) is 13.4. The van der Waals surface area contributed by atoms with Crippen molar-refractivity contribution in [2.75, 3.05) is 23.8 Å². The highest BCUT2D eigenvalue weighted by atomic mass is 16.1. The Labute approximate surface area is 150 Å². The molecule has 1 aromatic heterocycles. The lowest BCUT2D eigenvalue weighted by Gasteiger charge is -2.12. The Hall–Kier alpha value is -3.15. The molecular formula is C20H20N4O2. The molecule has 6 heteroatoms. The number of carbonyl (C=O) groups excluding carboxylic acids is 1. The number of nitrogens with zero attached hydrogens (tertiary/aromatic N) is 2. The van der Waals surface area contributed by atoms with Crippen molar-refractivity contribution in [3.8, 4) is 0 Å². The molecule has 132 valence electrons. The van der Waals surface area contributed by atoms with Gasteiger partial charge in [0.05, 0.1) is 11.0 Å². The van der Waals surface area contributed by atoms with Crippen molar-refractivity contribution in [3.05, 3.63) is 64.1 Å². The summed E-state index contributed by atoms with van der Waals surface area (Å²) >= 11 is 0. The topological polar surface area (TPSA) is 78.1 Å². The minimum Gasteiger partial charge on any atom is -0.374 e. The van der Waals surface area contributed by atoms with E-state index in [0.29, 0.717) is 17.6 Å². The molecule has 2 aromatic carbocycles. The van der Waals surface area contributed by atoms with Gasteiger partial charge in [0.2, 0.25) is 5.91 Å². The first-order chi connectivity index (χ1) is 12.6. The molecule has 3 aromatic rings. The third-order valence-electron chi connectivity index (χ3n) is 4.75. The summed E-state index contributed by atoms with van der Waals surface area (Å²) in [4.78, 5) is 33.8. The number of para-hydroxylation sites is 2. The summed E-state index contributed by atoms with van der Waals surface area (Å²) in [6.45, 7) is 1.00. The molecular weight excluding hydrogens is 328 g/mol. The molecule has 1 aliphatic rings. The number of amides is 1. The van der Waals surface area contributed by atoms with Crippen LogP contribution in [0.15, 0.2) is 47.3 Å². The number of carbonyl (C=O) groups is 1. The maximum Gasteiger partial charge on any atom is 0.270 e. The lowest BCUT2D eigenvalue weighted by atomic mass is 10.1. The number of benzene rings is 2. The summed E-state index contributed by atoms with van der Waals surface area (Å²) in [6.07, 6.45) is 1.51. The Balaban J connectivity index is 1.43. The number of anilines is 2. The quantitative estimate of drug-likeness (QED) is 0.759. The van der Waals surface area contributed by atoms with E-state index in [1.54, 1.807) is 0 Å². The summed E-state index contributed by atoms with van der Waals surface area (Å²) in [5, 5.41) is 2.92. The lowest BCUT2D eigenvalue weighted by Crippen LogP contribution is -2.19. The number of aromatic amines is 1. The van der Waals surface area contributed by atoms with Crippen LogP contribution in [0.4, 0.5) is 11.4 Å². The monoisotopic (exact) mass is 348 g/mol. The number of H-pyrrole nitrogens is 1. The van der Waals surface area contributed by atoms with Gasteiger partial charge in [-0.15, -0.1) is 0 Å². The second kappa shape index (κ2) is 6.63. The fourth-order valence-electron chi connectivity index (χ4n) is 3.34. The molecule has 0 aliphatic carbocycles. The van der Waals surface area contributed by atoms with Crippen LogP contribution in [0.5, 0.6) is 0 Å². The van der Waals surface area contributed by atoms with Crippen LogP contribution < -0.4 is 15.8 Å². The summed E-state index contributed by atoms with van der Waals surface area (Å²) < 4.78 is 0. The van der Waals surface area contributed by atoms with Gasteiger partial charge in [-0.1, -0.05) is 12.1 Å². The number of hydrogen-bond acceptors (Lipinski definition) is 4. The predicted molar refractivity (Wildman–Crippen MR) is 103 cm³/mol. The van der Waals surface area contributed by atoms with Crippen molar-refractivity contribution in [2.24, 2.45) is 0 Å². The molecule has 0 saturated carbocycles. The molecule has 1 amide bonds. The largest absolute Gasteiger partial charge is 0.374 e. The number of fused-ring (bicyclic) bond motifs is 2. The Morgan fingerprint density at radius 1 is 1.27 bits per heavy atom. The van der Waals surface area contributed by atoms with Crippen molar-refractivity contribution in [1.29, 1.82) is 0 Å². The van der Waals surface area contributed by atoms with E-state index in [9.17, 15) is 9.59 Å². The van der Waals surface area contributed by atoms with Gasteiger partial charge >= 0.3 is 0 Å². The van der Waals surface area contributed by atoms with Gasteiger partial charge in [0, 0.05) is 37.8 Å². The average molecular weight is 348 g/mol. The van der Waals surface area contributed by atoms with Crippen molar-refractivity contribution < 1.29 is 4.79 Å². The van der Waals surface area contributed by atoms with Gasteiger partial charge in [-0.05, 0) is 42.3 Å². The number of aryl methyl sites for hydroxylation is 1. The summed E-state index contributed by atoms with van der Waals surface area (Å²) in [5.74, 6) is -0.120. The van der Waals surface area contributed by atoms with Crippen molar-refractivity contribution in [3.63, 3.8) is 0 Å². The van der Waals surface area contributed by atoms with E-state index in [2.05, 4.69) is 27.2 Å². The highest BCUT2D eigenvalue weighted by Gasteiger charge is 2.16. The molecule has 2 heterocycles. The van der Waals surface area contributed by atoms with E-state index < -0.39 is 0 Å². The van der Waals surface area contributed by atoms with Gasteiger partial charge < -0.3 is 15.2 Å². The van der Waals surface area contributed by atoms with Gasteiger partial charge in [-0.2, -0.15) is 0 Å². The van der Waals surface area contributed by atoms with Gasteiger partial charge in [0.1, 0.15) is 5.69 Å². The molecule has 26 heavy (non-hydrogen) atoms. The first-order valence-corrected chi connectivity index (χ1v) is 8.72. The van der Waals surface area contributed by atoms with Crippen molar-refractivity contribution in [1.82, 2.24) is 9.97 Å². The highest BCUT2D eigenvalue weighted by molar-refractivity contribution is 5.91. The second-order valence-electron chi connectivity index (χ2n) is 6.59. The second-order valence-corrected chi connectivity index (χ2v) is 6.59. The molecule has 0 atom stereocenters. The molecule has 0 spiro atoms. The van der Waals surface area contributed by atoms with Crippen LogP contribution in [0.25, 0.3) is 11.0 Å². The van der Waals surface area contributed by atoms with E-state index in [-0.39, 0.29) is 17.9 Å². The van der Waals surface area contributed by atoms with Crippen molar-refractivity contribution >= 4 is 28.3 Å². The molecule has 0 saturated heterocycles. The minimum absolute atomic E-state index is 0.120. The fourth-order valence-corrected chi connectivity index (χ4v) is 3.34. The maximum atomic E-state index is 12.3. The molecule has 0 fully saturated rings. The number of hydrogen-bond donors (Lipinski definition) is 2. The molecule has 0 radical (unpaired) electrons. The first kappa shape index (κ1) is 16.3. The van der Waals surface area contributed by atoms with Crippen molar-refractivity contribution in [2.45, 2.75) is 19.3 Å². The molecule has 1 aliphatic heterocycles. The van der Waals surface area contributed by atoms with E-state index in [1.807, 2.05) is 42.5 Å². The van der Waals surface area contributed by atoms with Crippen LogP contribution in [0.2, 0.25) is 0 Å². The van der Waals surface area contributed by atoms with E-state index in [4.69, 9.17) is 0 Å². The zero-order valence-corrected chi connectivity index (χ0v) is 14.6. The zero-order valence-electron chi connectivity index (χ0n) is 14.6. The van der Waals surface area contributed by atoms with Gasteiger partial charge in [0.25, 0.3) is 5.56 Å². The molecule has 4 rings (SSSR count). The number of rotatable bonds is 4. The van der Waals surface area contributed by atoms with Crippen LogP contribution in [0.1, 0.15) is 17.7 Å². The van der Waals surface area contributed by atoms with Crippen LogP contribution >= 0.6 is 0 Å². The third-order valence-corrected chi connectivity index (χ3v) is 4.75. The third kappa shape index (κ3) is 3.18. The molecule has 0 bridgehead atoms. The van der Waals surface area contributed by atoms with Crippen LogP contribution in [0.3, 0.4) is 0 Å². The van der Waals surface area contributed by atoms with E-state index in [0.717, 1.165) is 24.2 Å². The van der Waals surface area contributed by atoms with Gasteiger partial charge in [-0.25, -0.2) is 4.98 Å². The summed E-state index contributed by atoms with van der Waals surface area (Å²) in [7, 11) is 2.07. The smallest absolute Gasteiger partial charge is 0.270 e. The normalized spacial score (nSPS) is 13.0. The number of likely N-dealkylation sites (N-methyl/N-ethyl adjacent to an activating group) is 1. The summed E-state index contributed by atoms with van der Waals surface area (Å²) in [5.41, 5.74) is 4.84. The number of aromatic nitrogens is 2. The fraction of sp³-hybridized carbons (Fsp3) is 0.250. The Morgan fingerprint density at radius 2 is 2.12 bits per heavy atom. The molecule has 0 unspecified atom stereocenters. The molecule has 6 nitrogen and oxygen atoms in total. The minimum atomic E-state index is -0.239. The van der Waals surface area contributed by atoms with Crippen LogP contribution in [0, 0.1) is 0 Å². The first-order valence-electron chi connectivity index (χ1n) is 8.72. The standard InChI is InChI=1S/C20H20N4O2/c1-24-11-10-13-12-14(6-8-18(13)24)21-19(25)9-7-17-20(26)23-16-5-3-2-4-15(16)22-17/h2-6,8,12H,7,9-11H2,1H3,(H,21,25)(H,23,26). The average Bonchev–Trinajstić information content (AvgIpc) is 3.00. The Morgan fingerprint density at radius 3 is 3.00 bits per heavy atom. The predicted octanol–water partition coefficient (Wildman–Crippen LogP) is 2.49. The van der Waals surface area contributed by atoms with E-state index in [1.165, 1.54) is 11.3 Å². The van der Waals surface area contributed by atoms with E-state index >= 15 is 0 Å². The Bertz CT molecular complexity index is 1040. The maximum absolute atomic E-state index is 12.3. The Kier molecular flexibility index (Phi) is 4.16. The van der Waals surface area contributed by atoms with Crippen LogP contribution in [-0.4, -0.2) is 29.5 Å². The number of nitrogens with one attached hydrogen (secondary N) is 2. The van der Waals surface area contributed by atoms with Crippen LogP contribution in [-0.2, 0) is 17.6 Å². The highest BCUT2D eigenvalue weighted by Crippen LogP contribution is 2.29. The molecule has 2 N–H and O–H groups in total.